The van der Waals surface area contributed by atoms with Crippen LogP contribution < -0.4 is 10.2 Å². The van der Waals surface area contributed by atoms with Gasteiger partial charge in [-0.25, -0.2) is 4.98 Å². The van der Waals surface area contributed by atoms with Gasteiger partial charge in [0.05, 0.1) is 5.92 Å². The standard InChI is InChI=1S/C20H28N6O2/c1-13(2)26-12-22-19(23-26)17-11-25(14(3)27)18-7-6-15(10-16(17)18)20(28)21-8-9-24(4)5/h6-7,10,12-13,17H,8-9,11H2,1-5H3,(H,21,28). The fourth-order valence-electron chi connectivity index (χ4n) is 3.31. The van der Waals surface area contributed by atoms with E-state index in [9.17, 15) is 9.59 Å². The van der Waals surface area contributed by atoms with Gasteiger partial charge in [-0.2, -0.15) is 5.10 Å². The molecule has 1 aromatic heterocycles. The zero-order valence-electron chi connectivity index (χ0n) is 17.1. The Labute approximate surface area is 165 Å². The van der Waals surface area contributed by atoms with Crippen LogP contribution in [0, 0.1) is 0 Å². The maximum Gasteiger partial charge on any atom is 0.251 e. The van der Waals surface area contributed by atoms with Gasteiger partial charge in [0.25, 0.3) is 5.91 Å². The van der Waals surface area contributed by atoms with E-state index in [1.165, 1.54) is 0 Å². The van der Waals surface area contributed by atoms with Crippen molar-refractivity contribution in [1.29, 1.82) is 0 Å². The molecule has 1 atom stereocenters. The van der Waals surface area contributed by atoms with Crippen molar-refractivity contribution in [2.24, 2.45) is 0 Å². The molecule has 1 unspecified atom stereocenters. The molecule has 1 aromatic carbocycles. The molecule has 8 heteroatoms. The van der Waals surface area contributed by atoms with Crippen LogP contribution in [0.2, 0.25) is 0 Å². The molecule has 28 heavy (non-hydrogen) atoms. The number of nitrogens with zero attached hydrogens (tertiary/aromatic N) is 5. The van der Waals surface area contributed by atoms with E-state index in [2.05, 4.69) is 15.4 Å². The van der Waals surface area contributed by atoms with Gasteiger partial charge in [-0.05, 0) is 51.7 Å². The Balaban J connectivity index is 1.90. The molecule has 2 amide bonds. The van der Waals surface area contributed by atoms with Crippen LogP contribution in [-0.2, 0) is 4.79 Å². The highest BCUT2D eigenvalue weighted by molar-refractivity contribution is 5.98. The molecule has 0 fully saturated rings. The number of rotatable bonds is 6. The number of likely N-dealkylation sites (N-methyl/N-ethyl adjacent to an activating group) is 1. The number of benzene rings is 1. The van der Waals surface area contributed by atoms with Crippen LogP contribution in [0.5, 0.6) is 0 Å². The summed E-state index contributed by atoms with van der Waals surface area (Å²) >= 11 is 0. The Hall–Kier alpha value is -2.74. The highest BCUT2D eigenvalue weighted by Crippen LogP contribution is 2.39. The molecule has 8 nitrogen and oxygen atoms in total. The van der Waals surface area contributed by atoms with Gasteiger partial charge >= 0.3 is 0 Å². The lowest BCUT2D eigenvalue weighted by Gasteiger charge is -2.15. The maximum atomic E-state index is 12.5. The first-order valence-electron chi connectivity index (χ1n) is 9.54. The average molecular weight is 384 g/mol. The molecule has 1 aliphatic rings. The maximum absolute atomic E-state index is 12.5. The van der Waals surface area contributed by atoms with E-state index in [0.29, 0.717) is 24.5 Å². The van der Waals surface area contributed by atoms with Crippen LogP contribution in [-0.4, -0.2) is 65.2 Å². The Bertz CT molecular complexity index is 873. The van der Waals surface area contributed by atoms with Gasteiger partial charge in [-0.1, -0.05) is 0 Å². The Morgan fingerprint density at radius 2 is 2.07 bits per heavy atom. The predicted octanol–water partition coefficient (Wildman–Crippen LogP) is 1.65. The van der Waals surface area contributed by atoms with Gasteiger partial charge in [-0.3, -0.25) is 14.3 Å². The molecular weight excluding hydrogens is 356 g/mol. The molecule has 0 radical (unpaired) electrons. The van der Waals surface area contributed by atoms with Crippen molar-refractivity contribution in [3.05, 3.63) is 41.5 Å². The number of amides is 2. The van der Waals surface area contributed by atoms with Crippen LogP contribution in [0.15, 0.2) is 24.5 Å². The fraction of sp³-hybridized carbons (Fsp3) is 0.500. The van der Waals surface area contributed by atoms with E-state index in [1.807, 2.05) is 49.7 Å². The minimum absolute atomic E-state index is 0.0322. The van der Waals surface area contributed by atoms with E-state index >= 15 is 0 Å². The summed E-state index contributed by atoms with van der Waals surface area (Å²) in [5.41, 5.74) is 2.32. The number of hydrogen-bond acceptors (Lipinski definition) is 5. The first kappa shape index (κ1) is 20.0. The van der Waals surface area contributed by atoms with Crippen LogP contribution >= 0.6 is 0 Å². The molecular formula is C20H28N6O2. The molecule has 1 aliphatic heterocycles. The van der Waals surface area contributed by atoms with Crippen molar-refractivity contribution in [2.75, 3.05) is 38.6 Å². The summed E-state index contributed by atoms with van der Waals surface area (Å²) in [6, 6.07) is 5.68. The first-order valence-corrected chi connectivity index (χ1v) is 9.54. The summed E-state index contributed by atoms with van der Waals surface area (Å²) in [6.45, 7) is 7.46. The average Bonchev–Trinajstić information content (AvgIpc) is 3.25. The van der Waals surface area contributed by atoms with Crippen molar-refractivity contribution in [3.63, 3.8) is 0 Å². The number of aromatic nitrogens is 3. The van der Waals surface area contributed by atoms with Gasteiger partial charge < -0.3 is 15.1 Å². The third-order valence-electron chi connectivity index (χ3n) is 4.91. The van der Waals surface area contributed by atoms with E-state index in [4.69, 9.17) is 0 Å². The second kappa shape index (κ2) is 8.10. The normalized spacial score (nSPS) is 16.0. The molecule has 2 heterocycles. The van der Waals surface area contributed by atoms with Gasteiger partial charge in [0.2, 0.25) is 5.91 Å². The van der Waals surface area contributed by atoms with Crippen LogP contribution in [0.25, 0.3) is 0 Å². The molecule has 2 aromatic rings. The largest absolute Gasteiger partial charge is 0.351 e. The SMILES string of the molecule is CC(=O)N1CC(c2ncn(C(C)C)n2)c2cc(C(=O)NCCN(C)C)ccc21. The number of hydrogen-bond donors (Lipinski definition) is 1. The third-order valence-corrected chi connectivity index (χ3v) is 4.91. The summed E-state index contributed by atoms with van der Waals surface area (Å²) in [5.74, 6) is 0.373. The summed E-state index contributed by atoms with van der Waals surface area (Å²) in [6.07, 6.45) is 1.72. The monoisotopic (exact) mass is 384 g/mol. The first-order chi connectivity index (χ1) is 13.3. The van der Waals surface area contributed by atoms with Gasteiger partial charge in [0.15, 0.2) is 5.82 Å². The second-order valence-electron chi connectivity index (χ2n) is 7.69. The summed E-state index contributed by atoms with van der Waals surface area (Å²) < 4.78 is 1.81. The number of anilines is 1. The van der Waals surface area contributed by atoms with Crippen LogP contribution in [0.3, 0.4) is 0 Å². The highest BCUT2D eigenvalue weighted by Gasteiger charge is 2.35. The molecule has 3 rings (SSSR count). The Morgan fingerprint density at radius 3 is 2.68 bits per heavy atom. The minimum Gasteiger partial charge on any atom is -0.351 e. The molecule has 0 saturated heterocycles. The van der Waals surface area contributed by atoms with Crippen molar-refractivity contribution in [1.82, 2.24) is 25.0 Å². The molecule has 0 aliphatic carbocycles. The zero-order chi connectivity index (χ0) is 20.4. The number of carbonyl (C=O) groups excluding carboxylic acids is 2. The lowest BCUT2D eigenvalue weighted by molar-refractivity contribution is -0.116. The number of nitrogens with one attached hydrogen (secondary N) is 1. The van der Waals surface area contributed by atoms with Crippen molar-refractivity contribution in [2.45, 2.75) is 32.7 Å². The molecule has 0 spiro atoms. The van der Waals surface area contributed by atoms with Crippen LogP contribution in [0.4, 0.5) is 5.69 Å². The number of fused-ring (bicyclic) bond motifs is 1. The van der Waals surface area contributed by atoms with E-state index in [1.54, 1.807) is 24.2 Å². The van der Waals surface area contributed by atoms with Gasteiger partial charge in [-0.15, -0.1) is 0 Å². The van der Waals surface area contributed by atoms with Crippen molar-refractivity contribution in [3.8, 4) is 0 Å². The second-order valence-corrected chi connectivity index (χ2v) is 7.69. The molecule has 1 N–H and O–H groups in total. The summed E-state index contributed by atoms with van der Waals surface area (Å²) in [5, 5.41) is 7.52. The lowest BCUT2D eigenvalue weighted by Crippen LogP contribution is -2.31. The van der Waals surface area contributed by atoms with E-state index in [-0.39, 0.29) is 23.8 Å². The van der Waals surface area contributed by atoms with Crippen LogP contribution in [0.1, 0.15) is 54.5 Å². The van der Waals surface area contributed by atoms with E-state index in [0.717, 1.165) is 17.8 Å². The minimum atomic E-state index is -0.145. The fourth-order valence-corrected chi connectivity index (χ4v) is 3.31. The quantitative estimate of drug-likeness (QED) is 0.819. The molecule has 0 bridgehead atoms. The zero-order valence-corrected chi connectivity index (χ0v) is 17.1. The van der Waals surface area contributed by atoms with Crippen molar-refractivity contribution < 1.29 is 9.59 Å². The van der Waals surface area contributed by atoms with Crippen molar-refractivity contribution >= 4 is 17.5 Å². The third kappa shape index (κ3) is 4.06. The van der Waals surface area contributed by atoms with Gasteiger partial charge in [0.1, 0.15) is 6.33 Å². The smallest absolute Gasteiger partial charge is 0.251 e. The summed E-state index contributed by atoms with van der Waals surface area (Å²) in [7, 11) is 3.93. The molecule has 150 valence electrons. The lowest BCUT2D eigenvalue weighted by atomic mass is 9.98. The summed E-state index contributed by atoms with van der Waals surface area (Å²) in [4.78, 5) is 32.9. The predicted molar refractivity (Wildman–Crippen MR) is 108 cm³/mol. The number of carbonyl (C=O) groups is 2. The van der Waals surface area contributed by atoms with E-state index < -0.39 is 0 Å². The Kier molecular flexibility index (Phi) is 5.79. The molecule has 0 saturated carbocycles. The Morgan fingerprint density at radius 1 is 1.32 bits per heavy atom. The highest BCUT2D eigenvalue weighted by atomic mass is 16.2. The van der Waals surface area contributed by atoms with Gasteiger partial charge in [0, 0.05) is 43.9 Å². The topological polar surface area (TPSA) is 83.4 Å².